The Bertz CT molecular complexity index is 566. The van der Waals surface area contributed by atoms with Gasteiger partial charge in [-0.3, -0.25) is 4.79 Å². The molecule has 0 aliphatic carbocycles. The van der Waals surface area contributed by atoms with E-state index in [1.54, 1.807) is 34.5 Å². The summed E-state index contributed by atoms with van der Waals surface area (Å²) in [5.74, 6) is 0.000610. The Morgan fingerprint density at radius 2 is 2.28 bits per heavy atom. The van der Waals surface area contributed by atoms with E-state index in [1.807, 2.05) is 13.8 Å². The third kappa shape index (κ3) is 2.51. The molecule has 0 bridgehead atoms. The van der Waals surface area contributed by atoms with Gasteiger partial charge in [0.05, 0.1) is 5.01 Å². The maximum atomic E-state index is 12.3. The number of aryl methyl sites for hydroxylation is 1. The van der Waals surface area contributed by atoms with Crippen LogP contribution >= 0.6 is 11.3 Å². The SMILES string of the molecule is CCN(C(=O)c1csc(C)n1)c1cccc(O)c1. The van der Waals surface area contributed by atoms with Crippen LogP contribution in [0.2, 0.25) is 0 Å². The quantitative estimate of drug-likeness (QED) is 0.925. The molecule has 1 N–H and O–H groups in total. The van der Waals surface area contributed by atoms with Crippen molar-refractivity contribution in [3.05, 3.63) is 40.3 Å². The van der Waals surface area contributed by atoms with Gasteiger partial charge in [-0.15, -0.1) is 11.3 Å². The van der Waals surface area contributed by atoms with Gasteiger partial charge in [0.25, 0.3) is 5.91 Å². The van der Waals surface area contributed by atoms with E-state index in [4.69, 9.17) is 0 Å². The van der Waals surface area contributed by atoms with Crippen molar-refractivity contribution in [1.29, 1.82) is 0 Å². The van der Waals surface area contributed by atoms with Gasteiger partial charge in [0, 0.05) is 23.7 Å². The van der Waals surface area contributed by atoms with Crippen LogP contribution in [0.15, 0.2) is 29.6 Å². The predicted molar refractivity (Wildman–Crippen MR) is 72.3 cm³/mol. The summed E-state index contributed by atoms with van der Waals surface area (Å²) in [5, 5.41) is 12.1. The molecular formula is C13H14N2O2S. The first-order valence-electron chi connectivity index (χ1n) is 5.65. The number of rotatable bonds is 3. The van der Waals surface area contributed by atoms with Crippen LogP contribution in [0, 0.1) is 6.92 Å². The average Bonchev–Trinajstić information content (AvgIpc) is 2.77. The molecule has 0 radical (unpaired) electrons. The molecular weight excluding hydrogens is 248 g/mol. The number of carbonyl (C=O) groups excluding carboxylic acids is 1. The highest BCUT2D eigenvalue weighted by atomic mass is 32.1. The van der Waals surface area contributed by atoms with Crippen LogP contribution in [0.3, 0.4) is 0 Å². The smallest absolute Gasteiger partial charge is 0.277 e. The molecule has 5 heteroatoms. The molecule has 0 fully saturated rings. The lowest BCUT2D eigenvalue weighted by Crippen LogP contribution is -2.30. The Morgan fingerprint density at radius 3 is 2.83 bits per heavy atom. The largest absolute Gasteiger partial charge is 0.508 e. The summed E-state index contributed by atoms with van der Waals surface area (Å²) in [7, 11) is 0. The fourth-order valence-corrected chi connectivity index (χ4v) is 2.29. The summed E-state index contributed by atoms with van der Waals surface area (Å²) in [6, 6.07) is 6.66. The zero-order chi connectivity index (χ0) is 13.1. The minimum atomic E-state index is -0.146. The fraction of sp³-hybridized carbons (Fsp3) is 0.231. The van der Waals surface area contributed by atoms with Gasteiger partial charge in [0.2, 0.25) is 0 Å². The standard InChI is InChI=1S/C13H14N2O2S/c1-3-15(10-5-4-6-11(16)7-10)13(17)12-8-18-9(2)14-12/h4-8,16H,3H2,1-2H3. The molecule has 1 aromatic heterocycles. The van der Waals surface area contributed by atoms with Gasteiger partial charge >= 0.3 is 0 Å². The Morgan fingerprint density at radius 1 is 1.50 bits per heavy atom. The maximum absolute atomic E-state index is 12.3. The monoisotopic (exact) mass is 262 g/mol. The first-order chi connectivity index (χ1) is 8.61. The molecule has 94 valence electrons. The van der Waals surface area contributed by atoms with E-state index in [2.05, 4.69) is 4.98 Å². The molecule has 0 aliphatic rings. The van der Waals surface area contributed by atoms with E-state index in [0.717, 1.165) is 5.01 Å². The number of amides is 1. The summed E-state index contributed by atoms with van der Waals surface area (Å²) < 4.78 is 0. The molecule has 2 aromatic rings. The number of benzene rings is 1. The number of hydrogen-bond acceptors (Lipinski definition) is 4. The number of carbonyl (C=O) groups is 1. The topological polar surface area (TPSA) is 53.4 Å². The lowest BCUT2D eigenvalue weighted by atomic mass is 10.2. The van der Waals surface area contributed by atoms with Crippen molar-refractivity contribution >= 4 is 22.9 Å². The number of aromatic hydroxyl groups is 1. The van der Waals surface area contributed by atoms with Crippen molar-refractivity contribution in [2.75, 3.05) is 11.4 Å². The molecule has 0 aliphatic heterocycles. The second-order valence-corrected chi connectivity index (χ2v) is 4.88. The Labute approximate surface area is 110 Å². The molecule has 0 unspecified atom stereocenters. The van der Waals surface area contributed by atoms with Crippen LogP contribution in [-0.2, 0) is 0 Å². The van der Waals surface area contributed by atoms with Crippen LogP contribution in [0.25, 0.3) is 0 Å². The van der Waals surface area contributed by atoms with Crippen molar-refractivity contribution in [2.45, 2.75) is 13.8 Å². The third-order valence-electron chi connectivity index (χ3n) is 2.54. The third-order valence-corrected chi connectivity index (χ3v) is 3.31. The van der Waals surface area contributed by atoms with E-state index < -0.39 is 0 Å². The summed E-state index contributed by atoms with van der Waals surface area (Å²) in [6.45, 7) is 4.28. The Hall–Kier alpha value is -1.88. The number of phenolic OH excluding ortho intramolecular Hbond substituents is 1. The number of nitrogens with zero attached hydrogens (tertiary/aromatic N) is 2. The average molecular weight is 262 g/mol. The molecule has 0 spiro atoms. The van der Waals surface area contributed by atoms with Crippen LogP contribution in [-0.4, -0.2) is 22.5 Å². The van der Waals surface area contributed by atoms with Crippen molar-refractivity contribution < 1.29 is 9.90 Å². The van der Waals surface area contributed by atoms with Gasteiger partial charge in [-0.05, 0) is 26.0 Å². The highest BCUT2D eigenvalue weighted by Gasteiger charge is 2.18. The van der Waals surface area contributed by atoms with Gasteiger partial charge in [0.15, 0.2) is 0 Å². The van der Waals surface area contributed by atoms with Crippen molar-refractivity contribution in [2.24, 2.45) is 0 Å². The Balaban J connectivity index is 2.31. The molecule has 4 nitrogen and oxygen atoms in total. The molecule has 2 rings (SSSR count). The molecule has 0 saturated heterocycles. The first kappa shape index (κ1) is 12.6. The van der Waals surface area contributed by atoms with Gasteiger partial charge in [0.1, 0.15) is 11.4 Å². The van der Waals surface area contributed by atoms with Crippen LogP contribution in [0.1, 0.15) is 22.4 Å². The summed E-state index contributed by atoms with van der Waals surface area (Å²) in [6.07, 6.45) is 0. The van der Waals surface area contributed by atoms with Crippen LogP contribution in [0.5, 0.6) is 5.75 Å². The maximum Gasteiger partial charge on any atom is 0.277 e. The van der Waals surface area contributed by atoms with Gasteiger partial charge < -0.3 is 10.0 Å². The predicted octanol–water partition coefficient (Wildman–Crippen LogP) is 2.82. The zero-order valence-electron chi connectivity index (χ0n) is 10.3. The zero-order valence-corrected chi connectivity index (χ0v) is 11.1. The minimum Gasteiger partial charge on any atom is -0.508 e. The molecule has 1 heterocycles. The molecule has 1 amide bonds. The fourth-order valence-electron chi connectivity index (χ4n) is 1.70. The van der Waals surface area contributed by atoms with Gasteiger partial charge in [-0.1, -0.05) is 6.07 Å². The molecule has 0 saturated carbocycles. The highest BCUT2D eigenvalue weighted by molar-refractivity contribution is 7.09. The second-order valence-electron chi connectivity index (χ2n) is 3.82. The summed E-state index contributed by atoms with van der Waals surface area (Å²) in [4.78, 5) is 18.1. The number of anilines is 1. The van der Waals surface area contributed by atoms with E-state index in [-0.39, 0.29) is 11.7 Å². The van der Waals surface area contributed by atoms with Gasteiger partial charge in [-0.25, -0.2) is 4.98 Å². The van der Waals surface area contributed by atoms with E-state index in [9.17, 15) is 9.90 Å². The summed E-state index contributed by atoms with van der Waals surface area (Å²) in [5.41, 5.74) is 1.12. The molecule has 1 aromatic carbocycles. The van der Waals surface area contributed by atoms with E-state index in [1.165, 1.54) is 11.3 Å². The van der Waals surface area contributed by atoms with Crippen molar-refractivity contribution in [3.63, 3.8) is 0 Å². The van der Waals surface area contributed by atoms with E-state index in [0.29, 0.717) is 17.9 Å². The van der Waals surface area contributed by atoms with Crippen molar-refractivity contribution in [3.8, 4) is 5.75 Å². The minimum absolute atomic E-state index is 0.146. The lowest BCUT2D eigenvalue weighted by Gasteiger charge is -2.20. The van der Waals surface area contributed by atoms with E-state index >= 15 is 0 Å². The number of hydrogen-bond donors (Lipinski definition) is 1. The van der Waals surface area contributed by atoms with Gasteiger partial charge in [-0.2, -0.15) is 0 Å². The number of thiazole rings is 1. The van der Waals surface area contributed by atoms with Crippen LogP contribution < -0.4 is 4.90 Å². The summed E-state index contributed by atoms with van der Waals surface area (Å²) >= 11 is 1.45. The van der Waals surface area contributed by atoms with Crippen LogP contribution in [0.4, 0.5) is 5.69 Å². The second kappa shape index (κ2) is 5.18. The number of phenols is 1. The highest BCUT2D eigenvalue weighted by Crippen LogP contribution is 2.22. The first-order valence-corrected chi connectivity index (χ1v) is 6.53. The molecule has 18 heavy (non-hydrogen) atoms. The normalized spacial score (nSPS) is 10.3. The Kier molecular flexibility index (Phi) is 3.62. The number of aromatic nitrogens is 1. The van der Waals surface area contributed by atoms with Crippen molar-refractivity contribution in [1.82, 2.24) is 4.98 Å². The molecule has 0 atom stereocenters. The lowest BCUT2D eigenvalue weighted by molar-refractivity contribution is 0.0984.